The highest BCUT2D eigenvalue weighted by atomic mass is 16.5. The standard InChI is InChI=1S/C23H21N3O3/c1-16-9-11-17(12-10-16)14-25-21-19(7-5-13-24-21)22(27)26(23(25)28)15-18-6-3-4-8-20(18)29-2/h3-13H,14-15H2,1-2H3. The molecule has 2 aromatic heterocycles. The Hall–Kier alpha value is -3.67. The smallest absolute Gasteiger partial charge is 0.333 e. The van der Waals surface area contributed by atoms with Gasteiger partial charge in [-0.05, 0) is 30.7 Å². The van der Waals surface area contributed by atoms with Crippen LogP contribution in [0.4, 0.5) is 0 Å². The second-order valence-corrected chi connectivity index (χ2v) is 6.93. The van der Waals surface area contributed by atoms with Crippen molar-refractivity contribution in [3.63, 3.8) is 0 Å². The largest absolute Gasteiger partial charge is 0.496 e. The van der Waals surface area contributed by atoms with E-state index < -0.39 is 5.69 Å². The lowest BCUT2D eigenvalue weighted by Gasteiger charge is -2.15. The van der Waals surface area contributed by atoms with E-state index in [1.807, 2.05) is 55.5 Å². The molecule has 0 N–H and O–H groups in total. The minimum Gasteiger partial charge on any atom is -0.496 e. The predicted octanol–water partition coefficient (Wildman–Crippen LogP) is 2.97. The zero-order valence-electron chi connectivity index (χ0n) is 16.3. The van der Waals surface area contributed by atoms with Crippen molar-refractivity contribution in [2.75, 3.05) is 7.11 Å². The number of methoxy groups -OCH3 is 1. The molecule has 0 aliphatic heterocycles. The van der Waals surface area contributed by atoms with Gasteiger partial charge in [0.25, 0.3) is 5.56 Å². The first-order valence-corrected chi connectivity index (χ1v) is 9.34. The van der Waals surface area contributed by atoms with Gasteiger partial charge in [-0.3, -0.25) is 13.9 Å². The summed E-state index contributed by atoms with van der Waals surface area (Å²) < 4.78 is 8.18. The Morgan fingerprint density at radius 2 is 1.66 bits per heavy atom. The van der Waals surface area contributed by atoms with E-state index in [2.05, 4.69) is 4.98 Å². The van der Waals surface area contributed by atoms with Gasteiger partial charge in [0.05, 0.1) is 25.6 Å². The molecule has 0 atom stereocenters. The van der Waals surface area contributed by atoms with E-state index in [-0.39, 0.29) is 12.1 Å². The average Bonchev–Trinajstić information content (AvgIpc) is 2.75. The lowest BCUT2D eigenvalue weighted by atomic mass is 10.1. The summed E-state index contributed by atoms with van der Waals surface area (Å²) in [6, 6.07) is 18.7. The van der Waals surface area contributed by atoms with Crippen LogP contribution in [0.15, 0.2) is 76.4 Å². The number of ether oxygens (including phenoxy) is 1. The zero-order chi connectivity index (χ0) is 20.4. The highest BCUT2D eigenvalue weighted by Gasteiger charge is 2.15. The molecule has 4 rings (SSSR count). The first-order valence-electron chi connectivity index (χ1n) is 9.34. The van der Waals surface area contributed by atoms with E-state index >= 15 is 0 Å². The number of fused-ring (bicyclic) bond motifs is 1. The summed E-state index contributed by atoms with van der Waals surface area (Å²) in [5.41, 5.74) is 2.51. The third kappa shape index (κ3) is 3.57. The molecule has 0 amide bonds. The van der Waals surface area contributed by atoms with Crippen molar-refractivity contribution in [3.05, 3.63) is 104 Å². The van der Waals surface area contributed by atoms with Crippen LogP contribution in [0.25, 0.3) is 11.0 Å². The number of pyridine rings is 1. The minimum absolute atomic E-state index is 0.125. The van der Waals surface area contributed by atoms with Gasteiger partial charge in [0.1, 0.15) is 11.4 Å². The van der Waals surface area contributed by atoms with Crippen LogP contribution in [-0.2, 0) is 13.1 Å². The maximum atomic E-state index is 13.3. The van der Waals surface area contributed by atoms with Crippen LogP contribution in [0.1, 0.15) is 16.7 Å². The van der Waals surface area contributed by atoms with Crippen LogP contribution in [0.5, 0.6) is 5.75 Å². The fraction of sp³-hybridized carbons (Fsp3) is 0.174. The van der Waals surface area contributed by atoms with Crippen molar-refractivity contribution in [3.8, 4) is 5.75 Å². The molecule has 2 aromatic carbocycles. The van der Waals surface area contributed by atoms with E-state index in [0.717, 1.165) is 16.7 Å². The Morgan fingerprint density at radius 3 is 2.41 bits per heavy atom. The van der Waals surface area contributed by atoms with Crippen LogP contribution in [0.2, 0.25) is 0 Å². The van der Waals surface area contributed by atoms with E-state index in [4.69, 9.17) is 4.74 Å². The third-order valence-corrected chi connectivity index (χ3v) is 4.96. The summed E-state index contributed by atoms with van der Waals surface area (Å²) in [4.78, 5) is 30.7. The normalized spacial score (nSPS) is 11.0. The van der Waals surface area contributed by atoms with Gasteiger partial charge in [-0.25, -0.2) is 9.78 Å². The van der Waals surface area contributed by atoms with Crippen LogP contribution >= 0.6 is 0 Å². The van der Waals surface area contributed by atoms with Gasteiger partial charge in [-0.1, -0.05) is 48.0 Å². The summed E-state index contributed by atoms with van der Waals surface area (Å²) in [5.74, 6) is 0.634. The molecule has 29 heavy (non-hydrogen) atoms. The number of para-hydroxylation sites is 1. The van der Waals surface area contributed by atoms with Crippen molar-refractivity contribution in [1.82, 2.24) is 14.1 Å². The SMILES string of the molecule is COc1ccccc1Cn1c(=O)c2cccnc2n(Cc2ccc(C)cc2)c1=O. The minimum atomic E-state index is -0.396. The predicted molar refractivity (Wildman–Crippen MR) is 113 cm³/mol. The Morgan fingerprint density at radius 1 is 0.897 bits per heavy atom. The lowest BCUT2D eigenvalue weighted by Crippen LogP contribution is -2.40. The van der Waals surface area contributed by atoms with Crippen LogP contribution in [-0.4, -0.2) is 21.2 Å². The number of rotatable bonds is 5. The number of aromatic nitrogens is 3. The molecule has 146 valence electrons. The highest BCUT2D eigenvalue weighted by Crippen LogP contribution is 2.18. The first kappa shape index (κ1) is 18.7. The van der Waals surface area contributed by atoms with Gasteiger partial charge in [0.2, 0.25) is 0 Å². The van der Waals surface area contributed by atoms with Crippen molar-refractivity contribution < 1.29 is 4.74 Å². The summed E-state index contributed by atoms with van der Waals surface area (Å²) >= 11 is 0. The highest BCUT2D eigenvalue weighted by molar-refractivity contribution is 5.73. The molecular formula is C23H21N3O3. The number of hydrogen-bond acceptors (Lipinski definition) is 4. The van der Waals surface area contributed by atoms with E-state index in [0.29, 0.717) is 23.3 Å². The van der Waals surface area contributed by atoms with Gasteiger partial charge in [-0.15, -0.1) is 0 Å². The van der Waals surface area contributed by atoms with Crippen LogP contribution < -0.4 is 16.0 Å². The summed E-state index contributed by atoms with van der Waals surface area (Å²) in [6.07, 6.45) is 1.59. The first-order chi connectivity index (χ1) is 14.1. The summed E-state index contributed by atoms with van der Waals surface area (Å²) in [6.45, 7) is 2.47. The Kier molecular flexibility index (Phi) is 4.99. The van der Waals surface area contributed by atoms with Gasteiger partial charge in [-0.2, -0.15) is 0 Å². The quantitative estimate of drug-likeness (QED) is 0.528. The number of hydrogen-bond donors (Lipinski definition) is 0. The number of benzene rings is 2. The maximum Gasteiger partial charge on any atom is 0.333 e. The van der Waals surface area contributed by atoms with Gasteiger partial charge >= 0.3 is 5.69 Å². The topological polar surface area (TPSA) is 66.1 Å². The summed E-state index contributed by atoms with van der Waals surface area (Å²) in [5, 5.41) is 0.411. The monoisotopic (exact) mass is 387 g/mol. The fourth-order valence-corrected chi connectivity index (χ4v) is 3.41. The molecule has 0 unspecified atom stereocenters. The van der Waals surface area contributed by atoms with Crippen molar-refractivity contribution >= 4 is 11.0 Å². The zero-order valence-corrected chi connectivity index (χ0v) is 16.3. The van der Waals surface area contributed by atoms with Gasteiger partial charge < -0.3 is 4.74 Å². The molecule has 0 fully saturated rings. The molecule has 0 saturated carbocycles. The molecule has 0 spiro atoms. The van der Waals surface area contributed by atoms with Crippen LogP contribution in [0, 0.1) is 6.92 Å². The second-order valence-electron chi connectivity index (χ2n) is 6.93. The third-order valence-electron chi connectivity index (χ3n) is 4.96. The Bertz CT molecular complexity index is 1290. The Balaban J connectivity index is 1.90. The van der Waals surface area contributed by atoms with E-state index in [9.17, 15) is 9.59 Å². The molecule has 6 nitrogen and oxygen atoms in total. The van der Waals surface area contributed by atoms with Crippen molar-refractivity contribution in [1.29, 1.82) is 0 Å². The molecule has 0 radical (unpaired) electrons. The average molecular weight is 387 g/mol. The maximum absolute atomic E-state index is 13.3. The van der Waals surface area contributed by atoms with Crippen molar-refractivity contribution in [2.45, 2.75) is 20.0 Å². The van der Waals surface area contributed by atoms with E-state index in [1.165, 1.54) is 4.57 Å². The second kappa shape index (κ2) is 7.75. The lowest BCUT2D eigenvalue weighted by molar-refractivity contribution is 0.407. The van der Waals surface area contributed by atoms with Crippen molar-refractivity contribution in [2.24, 2.45) is 0 Å². The molecule has 0 saturated heterocycles. The van der Waals surface area contributed by atoms with Crippen LogP contribution in [0.3, 0.4) is 0 Å². The molecule has 0 aliphatic rings. The van der Waals surface area contributed by atoms with Gasteiger partial charge in [0.15, 0.2) is 0 Å². The molecule has 6 heteroatoms. The number of aryl methyl sites for hydroxylation is 1. The molecule has 0 bridgehead atoms. The molecular weight excluding hydrogens is 366 g/mol. The molecule has 2 heterocycles. The fourth-order valence-electron chi connectivity index (χ4n) is 3.41. The number of nitrogens with zero attached hydrogens (tertiary/aromatic N) is 3. The summed E-state index contributed by atoms with van der Waals surface area (Å²) in [7, 11) is 1.57. The molecule has 4 aromatic rings. The molecule has 0 aliphatic carbocycles. The van der Waals surface area contributed by atoms with Gasteiger partial charge in [0, 0.05) is 11.8 Å². The van der Waals surface area contributed by atoms with E-state index in [1.54, 1.807) is 30.0 Å². The Labute approximate surface area is 167 Å².